The molecule has 0 spiro atoms. The number of aromatic nitrogens is 2. The van der Waals surface area contributed by atoms with Gasteiger partial charge < -0.3 is 0 Å². The number of hydrogen-bond donors (Lipinski definition) is 0. The Morgan fingerprint density at radius 2 is 1.90 bits per heavy atom. The van der Waals surface area contributed by atoms with Crippen molar-refractivity contribution in [1.29, 1.82) is 0 Å². The Balaban J connectivity index is 2.23. The highest BCUT2D eigenvalue weighted by molar-refractivity contribution is 9.09. The van der Waals surface area contributed by atoms with E-state index in [-0.39, 0.29) is 5.41 Å². The second kappa shape index (κ2) is 6.90. The predicted octanol–water partition coefficient (Wildman–Crippen LogP) is 4.39. The van der Waals surface area contributed by atoms with Crippen LogP contribution >= 0.6 is 31.9 Å². The smallest absolute Gasteiger partial charge is 0.0521 e. The Morgan fingerprint density at radius 1 is 1.20 bits per heavy atom. The molecule has 1 aromatic carbocycles. The number of alkyl halides is 2. The van der Waals surface area contributed by atoms with E-state index in [1.54, 1.807) is 0 Å². The highest BCUT2D eigenvalue weighted by Gasteiger charge is 2.31. The molecular formula is C16H20Br2N2. The maximum absolute atomic E-state index is 4.25. The van der Waals surface area contributed by atoms with Gasteiger partial charge in [-0.3, -0.25) is 4.68 Å². The molecule has 2 rings (SSSR count). The van der Waals surface area contributed by atoms with Crippen molar-refractivity contribution in [1.82, 2.24) is 9.78 Å². The van der Waals surface area contributed by atoms with Gasteiger partial charge in [0.25, 0.3) is 0 Å². The van der Waals surface area contributed by atoms with Crippen LogP contribution in [0.15, 0.2) is 36.7 Å². The molecule has 1 aromatic heterocycles. The van der Waals surface area contributed by atoms with E-state index in [9.17, 15) is 0 Å². The van der Waals surface area contributed by atoms with Crippen LogP contribution in [0.4, 0.5) is 0 Å². The fourth-order valence-corrected chi connectivity index (χ4v) is 4.69. The fraction of sp³-hybridized carbons (Fsp3) is 0.438. The van der Waals surface area contributed by atoms with E-state index in [0.717, 1.165) is 23.5 Å². The van der Waals surface area contributed by atoms with E-state index in [4.69, 9.17) is 0 Å². The van der Waals surface area contributed by atoms with E-state index in [1.807, 2.05) is 17.9 Å². The molecule has 0 saturated heterocycles. The van der Waals surface area contributed by atoms with Gasteiger partial charge in [0.15, 0.2) is 0 Å². The van der Waals surface area contributed by atoms with Crippen LogP contribution in [0.25, 0.3) is 0 Å². The Labute approximate surface area is 137 Å². The largest absolute Gasteiger partial charge is 0.276 e. The minimum absolute atomic E-state index is 0.126. The third-order valence-electron chi connectivity index (χ3n) is 3.88. The summed E-state index contributed by atoms with van der Waals surface area (Å²) in [5, 5.41) is 6.16. The summed E-state index contributed by atoms with van der Waals surface area (Å²) >= 11 is 7.46. The lowest BCUT2D eigenvalue weighted by atomic mass is 9.78. The molecule has 0 amide bonds. The van der Waals surface area contributed by atoms with Crippen molar-refractivity contribution >= 4 is 31.9 Å². The summed E-state index contributed by atoms with van der Waals surface area (Å²) in [5.74, 6) is 0. The van der Waals surface area contributed by atoms with Gasteiger partial charge in [0.1, 0.15) is 0 Å². The quantitative estimate of drug-likeness (QED) is 0.658. The highest BCUT2D eigenvalue weighted by Crippen LogP contribution is 2.35. The first kappa shape index (κ1) is 15.8. The van der Waals surface area contributed by atoms with Gasteiger partial charge in [-0.2, -0.15) is 5.10 Å². The molecule has 0 N–H and O–H groups in total. The molecule has 2 aromatic rings. The van der Waals surface area contributed by atoms with Crippen LogP contribution in [0.2, 0.25) is 0 Å². The number of rotatable bonds is 6. The lowest BCUT2D eigenvalue weighted by Crippen LogP contribution is -2.31. The van der Waals surface area contributed by atoms with Crippen molar-refractivity contribution < 1.29 is 0 Å². The summed E-state index contributed by atoms with van der Waals surface area (Å²) in [4.78, 5) is 0. The predicted molar refractivity (Wildman–Crippen MR) is 92.0 cm³/mol. The van der Waals surface area contributed by atoms with Gasteiger partial charge in [0.05, 0.1) is 6.20 Å². The van der Waals surface area contributed by atoms with Crippen LogP contribution in [0.3, 0.4) is 0 Å². The number of halogens is 2. The Kier molecular flexibility index (Phi) is 5.44. The SMILES string of the molecule is Cc1ccccc1C(CBr)(CBr)CCc1cnn(C)c1. The number of hydrogen-bond acceptors (Lipinski definition) is 1. The fourth-order valence-electron chi connectivity index (χ4n) is 2.60. The molecule has 0 aliphatic carbocycles. The lowest BCUT2D eigenvalue weighted by Gasteiger charge is -2.32. The zero-order valence-corrected chi connectivity index (χ0v) is 15.1. The number of nitrogens with zero attached hydrogens (tertiary/aromatic N) is 2. The third-order valence-corrected chi connectivity index (χ3v) is 6.03. The van der Waals surface area contributed by atoms with Crippen molar-refractivity contribution in [3.05, 3.63) is 53.3 Å². The summed E-state index contributed by atoms with van der Waals surface area (Å²) in [5.41, 5.74) is 4.21. The minimum atomic E-state index is 0.126. The maximum atomic E-state index is 4.25. The molecule has 0 fully saturated rings. The monoisotopic (exact) mass is 398 g/mol. The zero-order chi connectivity index (χ0) is 14.6. The van der Waals surface area contributed by atoms with Crippen molar-refractivity contribution in [3.63, 3.8) is 0 Å². The number of benzene rings is 1. The van der Waals surface area contributed by atoms with Crippen molar-refractivity contribution in [3.8, 4) is 0 Å². The van der Waals surface area contributed by atoms with Crippen LogP contribution in [0, 0.1) is 6.92 Å². The summed E-state index contributed by atoms with van der Waals surface area (Å²) in [6, 6.07) is 8.68. The van der Waals surface area contributed by atoms with Gasteiger partial charge in [-0.15, -0.1) is 0 Å². The minimum Gasteiger partial charge on any atom is -0.276 e. The first-order valence-corrected chi connectivity index (χ1v) is 9.01. The molecule has 0 bridgehead atoms. The van der Waals surface area contributed by atoms with Gasteiger partial charge >= 0.3 is 0 Å². The second-order valence-electron chi connectivity index (χ2n) is 5.38. The molecule has 0 unspecified atom stereocenters. The van der Waals surface area contributed by atoms with E-state index in [2.05, 4.69) is 74.3 Å². The second-order valence-corrected chi connectivity index (χ2v) is 6.51. The van der Waals surface area contributed by atoms with Gasteiger partial charge in [0.2, 0.25) is 0 Å². The molecule has 2 nitrogen and oxygen atoms in total. The molecule has 0 atom stereocenters. The van der Waals surface area contributed by atoms with Gasteiger partial charge in [-0.25, -0.2) is 0 Å². The standard InChI is InChI=1S/C16H20Br2N2/c1-13-5-3-4-6-15(13)16(11-17,12-18)8-7-14-9-19-20(2)10-14/h3-6,9-10H,7-8,11-12H2,1-2H3. The summed E-state index contributed by atoms with van der Waals surface area (Å²) in [6.07, 6.45) is 6.20. The van der Waals surface area contributed by atoms with E-state index in [1.165, 1.54) is 16.7 Å². The van der Waals surface area contributed by atoms with Crippen molar-refractivity contribution in [2.45, 2.75) is 25.2 Å². The third kappa shape index (κ3) is 3.34. The molecule has 108 valence electrons. The zero-order valence-electron chi connectivity index (χ0n) is 11.9. The van der Waals surface area contributed by atoms with E-state index >= 15 is 0 Å². The molecule has 0 aliphatic rings. The molecule has 4 heteroatoms. The Hall–Kier alpha value is -0.610. The lowest BCUT2D eigenvalue weighted by molar-refractivity contribution is 0.502. The maximum Gasteiger partial charge on any atom is 0.0521 e. The van der Waals surface area contributed by atoms with Crippen molar-refractivity contribution in [2.24, 2.45) is 7.05 Å². The van der Waals surface area contributed by atoms with Gasteiger partial charge in [0, 0.05) is 29.3 Å². The van der Waals surface area contributed by atoms with Gasteiger partial charge in [-0.05, 0) is 36.5 Å². The average molecular weight is 400 g/mol. The van der Waals surface area contributed by atoms with Crippen molar-refractivity contribution in [2.75, 3.05) is 10.7 Å². The topological polar surface area (TPSA) is 17.8 Å². The Bertz CT molecular complexity index is 559. The molecule has 0 radical (unpaired) electrons. The first-order chi connectivity index (χ1) is 9.61. The first-order valence-electron chi connectivity index (χ1n) is 6.77. The van der Waals surface area contributed by atoms with Gasteiger partial charge in [-0.1, -0.05) is 56.1 Å². The molecule has 20 heavy (non-hydrogen) atoms. The van der Waals surface area contributed by atoms with Crippen LogP contribution in [-0.4, -0.2) is 20.4 Å². The molecule has 0 aliphatic heterocycles. The van der Waals surface area contributed by atoms with E-state index in [0.29, 0.717) is 0 Å². The van der Waals surface area contributed by atoms with Crippen LogP contribution in [0.1, 0.15) is 23.1 Å². The Morgan fingerprint density at radius 3 is 2.45 bits per heavy atom. The van der Waals surface area contributed by atoms with Crippen LogP contribution in [0.5, 0.6) is 0 Å². The van der Waals surface area contributed by atoms with Crippen LogP contribution < -0.4 is 0 Å². The highest BCUT2D eigenvalue weighted by atomic mass is 79.9. The molecule has 0 saturated carbocycles. The van der Waals surface area contributed by atoms with E-state index < -0.39 is 0 Å². The average Bonchev–Trinajstić information content (AvgIpc) is 2.88. The summed E-state index contributed by atoms with van der Waals surface area (Å²) < 4.78 is 1.87. The molecule has 1 heterocycles. The normalized spacial score (nSPS) is 11.8. The summed E-state index contributed by atoms with van der Waals surface area (Å²) in [6.45, 7) is 2.19. The molecular weight excluding hydrogens is 380 g/mol. The number of aryl methyl sites for hydroxylation is 3. The van der Waals surface area contributed by atoms with Crippen LogP contribution in [-0.2, 0) is 18.9 Å². The summed E-state index contributed by atoms with van der Waals surface area (Å²) in [7, 11) is 1.97.